The van der Waals surface area contributed by atoms with E-state index in [0.29, 0.717) is 28.8 Å². The van der Waals surface area contributed by atoms with Crippen LogP contribution in [0.5, 0.6) is 0 Å². The third kappa shape index (κ3) is 4.68. The summed E-state index contributed by atoms with van der Waals surface area (Å²) in [6.07, 6.45) is 5.61. The summed E-state index contributed by atoms with van der Waals surface area (Å²) in [6.45, 7) is 5.55. The summed E-state index contributed by atoms with van der Waals surface area (Å²) in [7, 11) is 0. The van der Waals surface area contributed by atoms with Crippen LogP contribution in [0.25, 0.3) is 11.3 Å². The average Bonchev–Trinajstić information content (AvgIpc) is 2.78. The molecule has 1 aliphatic rings. The number of nitrogens with one attached hydrogen (secondary N) is 1. The van der Waals surface area contributed by atoms with Gasteiger partial charge in [-0.15, -0.1) is 0 Å². The fourth-order valence-corrected chi connectivity index (χ4v) is 3.55. The lowest BCUT2D eigenvalue weighted by Gasteiger charge is -2.28. The number of ketones is 1. The molecule has 0 bridgehead atoms. The molecular weight excluding hydrogens is 381 g/mol. The van der Waals surface area contributed by atoms with Crippen LogP contribution in [-0.2, 0) is 6.42 Å². The fraction of sp³-hybridized carbons (Fsp3) is 0.304. The molecule has 1 fully saturated rings. The van der Waals surface area contributed by atoms with Gasteiger partial charge in [0.05, 0.1) is 0 Å². The molecule has 1 aliphatic heterocycles. The summed E-state index contributed by atoms with van der Waals surface area (Å²) in [5.41, 5.74) is 3.06. The number of pyridine rings is 3. The zero-order valence-corrected chi connectivity index (χ0v) is 16.9. The molecule has 4 heterocycles. The third-order valence-corrected chi connectivity index (χ3v) is 5.22. The first-order valence-corrected chi connectivity index (χ1v) is 10.1. The first-order valence-electron chi connectivity index (χ1n) is 10.1. The molecule has 0 spiro atoms. The molecule has 0 amide bonds. The van der Waals surface area contributed by atoms with Gasteiger partial charge >= 0.3 is 0 Å². The van der Waals surface area contributed by atoms with Crippen LogP contribution >= 0.6 is 0 Å². The monoisotopic (exact) mass is 405 g/mol. The largest absolute Gasteiger partial charge is 0.354 e. The van der Waals surface area contributed by atoms with Gasteiger partial charge in [0, 0.05) is 68.0 Å². The van der Waals surface area contributed by atoms with E-state index in [0.717, 1.165) is 37.7 Å². The van der Waals surface area contributed by atoms with Crippen LogP contribution in [0.2, 0.25) is 0 Å². The molecule has 0 aromatic carbocycles. The molecule has 3 aromatic heterocycles. The topological polar surface area (TPSA) is 71.0 Å². The van der Waals surface area contributed by atoms with Crippen LogP contribution in [0, 0.1) is 12.7 Å². The Morgan fingerprint density at radius 2 is 1.93 bits per heavy atom. The zero-order valence-electron chi connectivity index (χ0n) is 16.9. The molecule has 0 radical (unpaired) electrons. The second kappa shape index (κ2) is 9.09. The molecule has 3 aromatic rings. The molecule has 30 heavy (non-hydrogen) atoms. The summed E-state index contributed by atoms with van der Waals surface area (Å²) in [6, 6.07) is 8.70. The van der Waals surface area contributed by atoms with Crippen molar-refractivity contribution in [1.82, 2.24) is 20.3 Å². The first-order chi connectivity index (χ1) is 14.6. The van der Waals surface area contributed by atoms with Gasteiger partial charge in [0.15, 0.2) is 5.78 Å². The second-order valence-corrected chi connectivity index (χ2v) is 7.43. The fourth-order valence-electron chi connectivity index (χ4n) is 3.55. The maximum atomic E-state index is 14.5. The van der Waals surface area contributed by atoms with Crippen molar-refractivity contribution in [2.24, 2.45) is 0 Å². The molecule has 7 heteroatoms. The van der Waals surface area contributed by atoms with Crippen LogP contribution in [0.3, 0.4) is 0 Å². The number of hydrogen-bond acceptors (Lipinski definition) is 6. The van der Waals surface area contributed by atoms with E-state index in [1.807, 2.05) is 19.1 Å². The van der Waals surface area contributed by atoms with Gasteiger partial charge in [-0.3, -0.25) is 14.8 Å². The van der Waals surface area contributed by atoms with E-state index in [4.69, 9.17) is 0 Å². The van der Waals surface area contributed by atoms with Crippen LogP contribution < -0.4 is 10.2 Å². The van der Waals surface area contributed by atoms with Crippen LogP contribution in [-0.4, -0.2) is 46.9 Å². The Morgan fingerprint density at radius 1 is 1.10 bits per heavy atom. The number of rotatable bonds is 6. The number of aromatic nitrogens is 3. The zero-order chi connectivity index (χ0) is 20.9. The number of Topliss-reactive ketones (excluding diaryl/α,β-unsaturated/α-hetero) is 1. The predicted molar refractivity (Wildman–Crippen MR) is 114 cm³/mol. The Balaban J connectivity index is 1.38. The second-order valence-electron chi connectivity index (χ2n) is 7.43. The van der Waals surface area contributed by atoms with Gasteiger partial charge < -0.3 is 10.2 Å². The SMILES string of the molecule is Cc1cc(-c2ncc(CCC(=O)c3ccc(N4CCNCC4)nc3)cc2F)ccn1. The molecule has 0 atom stereocenters. The Labute approximate surface area is 175 Å². The van der Waals surface area contributed by atoms with Gasteiger partial charge in [-0.2, -0.15) is 0 Å². The van der Waals surface area contributed by atoms with E-state index < -0.39 is 5.82 Å². The van der Waals surface area contributed by atoms with Crippen LogP contribution in [0.1, 0.15) is 28.0 Å². The minimum Gasteiger partial charge on any atom is -0.354 e. The summed E-state index contributed by atoms with van der Waals surface area (Å²) in [4.78, 5) is 27.6. The molecule has 6 nitrogen and oxygen atoms in total. The first kappa shape index (κ1) is 20.1. The minimum atomic E-state index is -0.396. The number of hydrogen-bond donors (Lipinski definition) is 1. The Morgan fingerprint density at radius 3 is 2.63 bits per heavy atom. The third-order valence-electron chi connectivity index (χ3n) is 5.22. The summed E-state index contributed by atoms with van der Waals surface area (Å²) >= 11 is 0. The standard InChI is InChI=1S/C23H24FN5O/c1-16-12-18(6-7-26-16)23-20(24)13-17(14-28-23)2-4-21(30)19-3-5-22(27-15-19)29-10-8-25-9-11-29/h3,5-7,12-15,25H,2,4,8-11H2,1H3. The summed E-state index contributed by atoms with van der Waals surface area (Å²) in [5.74, 6) is 0.484. The lowest BCUT2D eigenvalue weighted by atomic mass is 10.0. The van der Waals surface area contributed by atoms with Crippen LogP contribution in [0.15, 0.2) is 48.9 Å². The van der Waals surface area contributed by atoms with Crippen molar-refractivity contribution in [1.29, 1.82) is 0 Å². The minimum absolute atomic E-state index is 0.0106. The maximum Gasteiger partial charge on any atom is 0.164 e. The normalized spacial score (nSPS) is 14.0. The van der Waals surface area contributed by atoms with Gasteiger partial charge in [0.2, 0.25) is 0 Å². The van der Waals surface area contributed by atoms with E-state index in [2.05, 4.69) is 25.2 Å². The smallest absolute Gasteiger partial charge is 0.164 e. The number of carbonyl (C=O) groups is 1. The van der Waals surface area contributed by atoms with Crippen LogP contribution in [0.4, 0.5) is 10.2 Å². The highest BCUT2D eigenvalue weighted by atomic mass is 19.1. The number of halogens is 1. The lowest BCUT2D eigenvalue weighted by molar-refractivity contribution is 0.0982. The van der Waals surface area contributed by atoms with E-state index in [9.17, 15) is 9.18 Å². The van der Waals surface area contributed by atoms with E-state index >= 15 is 0 Å². The van der Waals surface area contributed by atoms with Crippen molar-refractivity contribution in [3.63, 3.8) is 0 Å². The van der Waals surface area contributed by atoms with Crippen molar-refractivity contribution in [2.45, 2.75) is 19.8 Å². The van der Waals surface area contributed by atoms with Crippen molar-refractivity contribution in [3.05, 3.63) is 71.6 Å². The number of aryl methyl sites for hydroxylation is 2. The van der Waals surface area contributed by atoms with Gasteiger partial charge in [-0.25, -0.2) is 9.37 Å². The molecule has 0 saturated carbocycles. The molecule has 4 rings (SSSR count). The van der Waals surface area contributed by atoms with Gasteiger partial charge in [-0.05, 0) is 49.2 Å². The summed E-state index contributed by atoms with van der Waals surface area (Å²) in [5, 5.41) is 3.31. The number of piperazine rings is 1. The average molecular weight is 405 g/mol. The molecule has 154 valence electrons. The highest BCUT2D eigenvalue weighted by Crippen LogP contribution is 2.22. The Kier molecular flexibility index (Phi) is 6.09. The molecule has 0 aliphatic carbocycles. The molecular formula is C23H24FN5O. The van der Waals surface area contributed by atoms with E-state index in [-0.39, 0.29) is 12.2 Å². The number of anilines is 1. The van der Waals surface area contributed by atoms with Gasteiger partial charge in [0.25, 0.3) is 0 Å². The van der Waals surface area contributed by atoms with E-state index in [1.54, 1.807) is 30.7 Å². The lowest BCUT2D eigenvalue weighted by Crippen LogP contribution is -2.43. The highest BCUT2D eigenvalue weighted by molar-refractivity contribution is 5.96. The van der Waals surface area contributed by atoms with Crippen molar-refractivity contribution in [3.8, 4) is 11.3 Å². The number of carbonyl (C=O) groups excluding carboxylic acids is 1. The summed E-state index contributed by atoms with van der Waals surface area (Å²) < 4.78 is 14.5. The Hall–Kier alpha value is -3.19. The van der Waals surface area contributed by atoms with Crippen molar-refractivity contribution in [2.75, 3.05) is 31.1 Å². The molecule has 1 saturated heterocycles. The van der Waals surface area contributed by atoms with Gasteiger partial charge in [-0.1, -0.05) is 0 Å². The highest BCUT2D eigenvalue weighted by Gasteiger charge is 2.14. The number of nitrogens with zero attached hydrogens (tertiary/aromatic N) is 4. The molecule has 0 unspecified atom stereocenters. The maximum absolute atomic E-state index is 14.5. The van der Waals surface area contributed by atoms with Crippen molar-refractivity contribution < 1.29 is 9.18 Å². The Bertz CT molecular complexity index is 1030. The van der Waals surface area contributed by atoms with Crippen molar-refractivity contribution >= 4 is 11.6 Å². The quantitative estimate of drug-likeness (QED) is 0.635. The van der Waals surface area contributed by atoms with E-state index in [1.165, 1.54) is 6.07 Å². The van der Waals surface area contributed by atoms with Gasteiger partial charge in [0.1, 0.15) is 17.3 Å². The molecule has 1 N–H and O–H groups in total. The predicted octanol–water partition coefficient (Wildman–Crippen LogP) is 3.21.